The van der Waals surface area contributed by atoms with Crippen LogP contribution in [0.5, 0.6) is 0 Å². The SMILES string of the molecule is CC.CC(=O)N1CCC2(CC1)CN(C(C)=O)C2. The molecule has 2 heterocycles. The third kappa shape index (κ3) is 2.99. The molecule has 2 rings (SSSR count). The summed E-state index contributed by atoms with van der Waals surface area (Å²) in [4.78, 5) is 26.0. The highest BCUT2D eigenvalue weighted by atomic mass is 16.2. The van der Waals surface area contributed by atoms with Gasteiger partial charge >= 0.3 is 0 Å². The zero-order valence-electron chi connectivity index (χ0n) is 11.5. The number of nitrogens with zero attached hydrogens (tertiary/aromatic N) is 2. The summed E-state index contributed by atoms with van der Waals surface area (Å²) in [6, 6.07) is 0. The van der Waals surface area contributed by atoms with Crippen molar-refractivity contribution in [3.63, 3.8) is 0 Å². The van der Waals surface area contributed by atoms with Gasteiger partial charge in [-0.3, -0.25) is 9.59 Å². The molecule has 17 heavy (non-hydrogen) atoms. The number of likely N-dealkylation sites (tertiary alicyclic amines) is 2. The normalized spacial score (nSPS) is 21.4. The van der Waals surface area contributed by atoms with Crippen LogP contribution in [0.15, 0.2) is 0 Å². The van der Waals surface area contributed by atoms with Crippen molar-refractivity contribution in [1.29, 1.82) is 0 Å². The Kier molecular flexibility index (Phi) is 4.54. The summed E-state index contributed by atoms with van der Waals surface area (Å²) in [6.07, 6.45) is 2.10. The molecular formula is C13H24N2O2. The molecular weight excluding hydrogens is 216 g/mol. The first-order valence-corrected chi connectivity index (χ1v) is 6.53. The Morgan fingerprint density at radius 1 is 0.882 bits per heavy atom. The highest BCUT2D eigenvalue weighted by Crippen LogP contribution is 2.40. The standard InChI is InChI=1S/C11H18N2O2.C2H6/c1-9(14)12-5-3-11(4-6-12)7-13(8-11)10(2)15;1-2/h3-8H2,1-2H3;1-2H3. The van der Waals surface area contributed by atoms with E-state index in [9.17, 15) is 9.59 Å². The quantitative estimate of drug-likeness (QED) is 0.644. The molecule has 2 saturated heterocycles. The molecule has 0 aromatic carbocycles. The van der Waals surface area contributed by atoms with Gasteiger partial charge in [-0.2, -0.15) is 0 Å². The predicted molar refractivity (Wildman–Crippen MR) is 67.5 cm³/mol. The van der Waals surface area contributed by atoms with Gasteiger partial charge in [0.15, 0.2) is 0 Å². The van der Waals surface area contributed by atoms with Gasteiger partial charge in [-0.25, -0.2) is 0 Å². The minimum atomic E-state index is 0.174. The van der Waals surface area contributed by atoms with Crippen molar-refractivity contribution in [2.45, 2.75) is 40.5 Å². The summed E-state index contributed by atoms with van der Waals surface area (Å²) >= 11 is 0. The molecule has 2 aliphatic rings. The number of carbonyl (C=O) groups excluding carboxylic acids is 2. The zero-order valence-corrected chi connectivity index (χ0v) is 11.5. The number of rotatable bonds is 0. The van der Waals surface area contributed by atoms with E-state index < -0.39 is 0 Å². The van der Waals surface area contributed by atoms with Crippen LogP contribution in [0, 0.1) is 5.41 Å². The lowest BCUT2D eigenvalue weighted by Crippen LogP contribution is -2.61. The van der Waals surface area contributed by atoms with Gasteiger partial charge in [0.05, 0.1) is 0 Å². The third-order valence-corrected chi connectivity index (χ3v) is 3.77. The lowest BCUT2D eigenvalue weighted by atomic mass is 9.72. The van der Waals surface area contributed by atoms with Crippen LogP contribution in [-0.2, 0) is 9.59 Å². The molecule has 0 aromatic heterocycles. The van der Waals surface area contributed by atoms with Gasteiger partial charge in [0.1, 0.15) is 0 Å². The fraction of sp³-hybridized carbons (Fsp3) is 0.846. The van der Waals surface area contributed by atoms with Gasteiger partial charge < -0.3 is 9.80 Å². The molecule has 0 aliphatic carbocycles. The summed E-state index contributed by atoms with van der Waals surface area (Å²) in [6.45, 7) is 10.8. The van der Waals surface area contributed by atoms with E-state index in [0.29, 0.717) is 5.41 Å². The highest BCUT2D eigenvalue weighted by Gasteiger charge is 2.45. The Balaban J connectivity index is 0.000000686. The maximum absolute atomic E-state index is 11.2. The number of hydrogen-bond donors (Lipinski definition) is 0. The molecule has 0 atom stereocenters. The molecule has 1 spiro atoms. The van der Waals surface area contributed by atoms with E-state index in [1.807, 2.05) is 23.6 Å². The van der Waals surface area contributed by atoms with Crippen LogP contribution in [0.3, 0.4) is 0 Å². The van der Waals surface area contributed by atoms with E-state index in [2.05, 4.69) is 0 Å². The topological polar surface area (TPSA) is 40.6 Å². The predicted octanol–water partition coefficient (Wildman–Crippen LogP) is 1.50. The maximum atomic E-state index is 11.2. The summed E-state index contributed by atoms with van der Waals surface area (Å²) in [5, 5.41) is 0. The van der Waals surface area contributed by atoms with Crippen molar-refractivity contribution >= 4 is 11.8 Å². The van der Waals surface area contributed by atoms with E-state index in [0.717, 1.165) is 39.0 Å². The summed E-state index contributed by atoms with van der Waals surface area (Å²) in [5.74, 6) is 0.349. The van der Waals surface area contributed by atoms with E-state index in [1.54, 1.807) is 13.8 Å². The van der Waals surface area contributed by atoms with Crippen LogP contribution < -0.4 is 0 Å². The number of piperidine rings is 1. The fourth-order valence-corrected chi connectivity index (χ4v) is 2.60. The monoisotopic (exact) mass is 240 g/mol. The van der Waals surface area contributed by atoms with Crippen LogP contribution in [-0.4, -0.2) is 47.8 Å². The Labute approximate surface area is 104 Å². The van der Waals surface area contributed by atoms with Gasteiger partial charge in [-0.05, 0) is 12.8 Å². The minimum Gasteiger partial charge on any atom is -0.343 e. The largest absolute Gasteiger partial charge is 0.343 e. The molecule has 0 unspecified atom stereocenters. The van der Waals surface area contributed by atoms with Crippen LogP contribution >= 0.6 is 0 Å². The molecule has 98 valence electrons. The Morgan fingerprint density at radius 3 is 1.65 bits per heavy atom. The summed E-state index contributed by atoms with van der Waals surface area (Å²) in [7, 11) is 0. The van der Waals surface area contributed by atoms with E-state index in [-0.39, 0.29) is 11.8 Å². The minimum absolute atomic E-state index is 0.174. The summed E-state index contributed by atoms with van der Waals surface area (Å²) in [5.41, 5.74) is 0.331. The van der Waals surface area contributed by atoms with Crippen molar-refractivity contribution in [2.75, 3.05) is 26.2 Å². The third-order valence-electron chi connectivity index (χ3n) is 3.77. The second kappa shape index (κ2) is 5.52. The van der Waals surface area contributed by atoms with Crippen LogP contribution in [0.25, 0.3) is 0 Å². The smallest absolute Gasteiger partial charge is 0.219 e. The Hall–Kier alpha value is -1.06. The average Bonchev–Trinajstić information content (AvgIpc) is 2.28. The highest BCUT2D eigenvalue weighted by molar-refractivity contribution is 5.75. The van der Waals surface area contributed by atoms with Gasteiger partial charge in [-0.1, -0.05) is 13.8 Å². The van der Waals surface area contributed by atoms with Gasteiger partial charge in [-0.15, -0.1) is 0 Å². The first kappa shape index (κ1) is 14.0. The molecule has 4 nitrogen and oxygen atoms in total. The summed E-state index contributed by atoms with van der Waals surface area (Å²) < 4.78 is 0. The number of hydrogen-bond acceptors (Lipinski definition) is 2. The van der Waals surface area contributed by atoms with Gasteiger partial charge in [0.2, 0.25) is 11.8 Å². The molecule has 2 fully saturated rings. The molecule has 2 aliphatic heterocycles. The van der Waals surface area contributed by atoms with Crippen LogP contribution in [0.1, 0.15) is 40.5 Å². The molecule has 0 saturated carbocycles. The van der Waals surface area contributed by atoms with Crippen molar-refractivity contribution in [3.8, 4) is 0 Å². The number of amides is 2. The molecule has 4 heteroatoms. The zero-order chi connectivity index (χ0) is 13.1. The van der Waals surface area contributed by atoms with Gasteiger partial charge in [0, 0.05) is 45.4 Å². The lowest BCUT2D eigenvalue weighted by Gasteiger charge is -2.53. The second-order valence-electron chi connectivity index (χ2n) is 4.88. The van der Waals surface area contributed by atoms with Crippen molar-refractivity contribution in [2.24, 2.45) is 5.41 Å². The Morgan fingerprint density at radius 2 is 1.29 bits per heavy atom. The molecule has 0 aromatic rings. The van der Waals surface area contributed by atoms with E-state index >= 15 is 0 Å². The van der Waals surface area contributed by atoms with Crippen LogP contribution in [0.4, 0.5) is 0 Å². The van der Waals surface area contributed by atoms with Crippen molar-refractivity contribution in [1.82, 2.24) is 9.80 Å². The average molecular weight is 240 g/mol. The maximum Gasteiger partial charge on any atom is 0.219 e. The molecule has 2 amide bonds. The number of carbonyl (C=O) groups is 2. The lowest BCUT2D eigenvalue weighted by molar-refractivity contribution is -0.147. The van der Waals surface area contributed by atoms with E-state index in [4.69, 9.17) is 0 Å². The molecule has 0 N–H and O–H groups in total. The fourth-order valence-electron chi connectivity index (χ4n) is 2.60. The first-order chi connectivity index (χ1) is 8.02. The molecule has 0 radical (unpaired) electrons. The van der Waals surface area contributed by atoms with Gasteiger partial charge in [0.25, 0.3) is 0 Å². The van der Waals surface area contributed by atoms with Crippen LogP contribution in [0.2, 0.25) is 0 Å². The first-order valence-electron chi connectivity index (χ1n) is 6.53. The second-order valence-corrected chi connectivity index (χ2v) is 4.88. The van der Waals surface area contributed by atoms with Crippen molar-refractivity contribution in [3.05, 3.63) is 0 Å². The molecule has 0 bridgehead atoms. The van der Waals surface area contributed by atoms with Crippen molar-refractivity contribution < 1.29 is 9.59 Å². The Bertz CT molecular complexity index is 286. The van der Waals surface area contributed by atoms with E-state index in [1.165, 1.54) is 0 Å².